The summed E-state index contributed by atoms with van der Waals surface area (Å²) in [5, 5.41) is 20.0. The summed E-state index contributed by atoms with van der Waals surface area (Å²) < 4.78 is 0. The zero-order chi connectivity index (χ0) is 17.8. The fourth-order valence-corrected chi connectivity index (χ4v) is 2.84. The summed E-state index contributed by atoms with van der Waals surface area (Å²) in [6.45, 7) is 0. The highest BCUT2D eigenvalue weighted by atomic mass is 16.6. The molecule has 126 valence electrons. The third kappa shape index (κ3) is 4.01. The number of Topliss-reactive ketones (excluding diaryl/α,β-unsaturated/α-hetero) is 1. The van der Waals surface area contributed by atoms with Crippen LogP contribution in [0.1, 0.15) is 30.4 Å². The molecule has 1 N–H and O–H groups in total. The largest absolute Gasteiger partial charge is 0.508 e. The summed E-state index contributed by atoms with van der Waals surface area (Å²) in [6.07, 6.45) is 5.95. The molecule has 0 bridgehead atoms. The van der Waals surface area contributed by atoms with Gasteiger partial charge in [0.2, 0.25) is 0 Å². The Labute approximate surface area is 145 Å². The lowest BCUT2D eigenvalue weighted by atomic mass is 9.87. The van der Waals surface area contributed by atoms with E-state index < -0.39 is 4.92 Å². The van der Waals surface area contributed by atoms with Crippen LogP contribution in [0.3, 0.4) is 0 Å². The summed E-state index contributed by atoms with van der Waals surface area (Å²) in [6, 6.07) is 12.9. The first-order valence-corrected chi connectivity index (χ1v) is 8.02. The van der Waals surface area contributed by atoms with Gasteiger partial charge in [0, 0.05) is 23.3 Å². The highest BCUT2D eigenvalue weighted by Gasteiger charge is 2.20. The number of nitrogens with zero attached hydrogens (tertiary/aromatic N) is 1. The molecule has 1 aliphatic rings. The highest BCUT2D eigenvalue weighted by molar-refractivity contribution is 6.13. The molecule has 5 nitrogen and oxygen atoms in total. The van der Waals surface area contributed by atoms with Crippen molar-refractivity contribution in [1.29, 1.82) is 0 Å². The SMILES string of the molecule is O=C1/C(=C/c2ccc(O)cc2)CCC/C1=C\c1ccc([N+](=O)[O-])cc1. The molecule has 0 unspecified atom stereocenters. The molecule has 0 saturated heterocycles. The molecule has 0 heterocycles. The zero-order valence-electron chi connectivity index (χ0n) is 13.5. The predicted octanol–water partition coefficient (Wildman–Crippen LogP) is 4.52. The van der Waals surface area contributed by atoms with Crippen LogP contribution in [0.15, 0.2) is 59.7 Å². The van der Waals surface area contributed by atoms with Gasteiger partial charge in [-0.3, -0.25) is 14.9 Å². The smallest absolute Gasteiger partial charge is 0.269 e. The number of non-ortho nitro benzene ring substituents is 1. The van der Waals surface area contributed by atoms with Crippen molar-refractivity contribution in [3.63, 3.8) is 0 Å². The van der Waals surface area contributed by atoms with Gasteiger partial charge in [-0.15, -0.1) is 0 Å². The molecule has 0 atom stereocenters. The second kappa shape index (κ2) is 7.13. The molecule has 0 aliphatic heterocycles. The standard InChI is InChI=1S/C20H17NO4/c22-19-10-6-15(7-11-19)13-17-3-1-2-16(20(17)23)12-14-4-8-18(9-5-14)21(24)25/h4-13,22H,1-3H2/b16-12+,17-13+. The number of hydrogen-bond donors (Lipinski definition) is 1. The first-order valence-electron chi connectivity index (χ1n) is 8.02. The number of ketones is 1. The van der Waals surface area contributed by atoms with Gasteiger partial charge in [0.15, 0.2) is 5.78 Å². The van der Waals surface area contributed by atoms with Gasteiger partial charge in [0.05, 0.1) is 4.92 Å². The van der Waals surface area contributed by atoms with Crippen molar-refractivity contribution >= 4 is 23.6 Å². The Morgan fingerprint density at radius 3 is 1.84 bits per heavy atom. The van der Waals surface area contributed by atoms with E-state index in [1.807, 2.05) is 6.08 Å². The van der Waals surface area contributed by atoms with Crippen molar-refractivity contribution in [3.05, 3.63) is 80.9 Å². The molecule has 1 fully saturated rings. The molecule has 1 aliphatic carbocycles. The van der Waals surface area contributed by atoms with Gasteiger partial charge in [0.1, 0.15) is 5.75 Å². The normalized spacial score (nSPS) is 17.8. The molecule has 2 aromatic rings. The maximum Gasteiger partial charge on any atom is 0.269 e. The number of aromatic hydroxyl groups is 1. The van der Waals surface area contributed by atoms with E-state index in [0.29, 0.717) is 12.0 Å². The van der Waals surface area contributed by atoms with E-state index in [1.165, 1.54) is 12.1 Å². The summed E-state index contributed by atoms with van der Waals surface area (Å²) in [4.78, 5) is 22.9. The third-order valence-electron chi connectivity index (χ3n) is 4.15. The Bertz CT molecular complexity index is 862. The molecule has 3 rings (SSSR count). The zero-order valence-corrected chi connectivity index (χ0v) is 13.5. The average molecular weight is 335 g/mol. The molecular weight excluding hydrogens is 318 g/mol. The quantitative estimate of drug-likeness (QED) is 0.508. The van der Waals surface area contributed by atoms with Crippen LogP contribution in [0.25, 0.3) is 12.2 Å². The Balaban J connectivity index is 1.84. The van der Waals surface area contributed by atoms with E-state index in [2.05, 4.69) is 0 Å². The van der Waals surface area contributed by atoms with Crippen LogP contribution in [0.2, 0.25) is 0 Å². The topological polar surface area (TPSA) is 80.4 Å². The van der Waals surface area contributed by atoms with Crippen molar-refractivity contribution < 1.29 is 14.8 Å². The number of rotatable bonds is 3. The van der Waals surface area contributed by atoms with Crippen LogP contribution in [-0.2, 0) is 4.79 Å². The van der Waals surface area contributed by atoms with Gasteiger partial charge in [-0.2, -0.15) is 0 Å². The van der Waals surface area contributed by atoms with E-state index in [4.69, 9.17) is 0 Å². The van der Waals surface area contributed by atoms with Crippen molar-refractivity contribution in [2.45, 2.75) is 19.3 Å². The van der Waals surface area contributed by atoms with E-state index in [-0.39, 0.29) is 17.2 Å². The Morgan fingerprint density at radius 1 is 0.880 bits per heavy atom. The fraction of sp³-hybridized carbons (Fsp3) is 0.150. The molecule has 2 aromatic carbocycles. The van der Waals surface area contributed by atoms with Crippen LogP contribution in [-0.4, -0.2) is 15.8 Å². The van der Waals surface area contributed by atoms with Crippen molar-refractivity contribution in [3.8, 4) is 5.75 Å². The molecule has 0 aromatic heterocycles. The lowest BCUT2D eigenvalue weighted by Gasteiger charge is -2.16. The first-order chi connectivity index (χ1) is 12.0. The molecular formula is C20H17NO4. The maximum absolute atomic E-state index is 12.7. The average Bonchev–Trinajstić information content (AvgIpc) is 2.61. The minimum atomic E-state index is -0.443. The summed E-state index contributed by atoms with van der Waals surface area (Å²) in [5.74, 6) is 0.202. The van der Waals surface area contributed by atoms with Crippen molar-refractivity contribution in [2.24, 2.45) is 0 Å². The van der Waals surface area contributed by atoms with Gasteiger partial charge in [-0.25, -0.2) is 0 Å². The molecule has 0 amide bonds. The van der Waals surface area contributed by atoms with Crippen LogP contribution in [0, 0.1) is 10.1 Å². The Hall–Kier alpha value is -3.21. The van der Waals surface area contributed by atoms with Gasteiger partial charge in [-0.05, 0) is 66.8 Å². The third-order valence-corrected chi connectivity index (χ3v) is 4.15. The first kappa shape index (κ1) is 16.6. The lowest BCUT2D eigenvalue weighted by Crippen LogP contribution is -2.12. The molecule has 5 heteroatoms. The monoisotopic (exact) mass is 335 g/mol. The molecule has 0 spiro atoms. The number of carbonyl (C=O) groups is 1. The fourth-order valence-electron chi connectivity index (χ4n) is 2.84. The number of carbonyl (C=O) groups excluding carboxylic acids is 1. The van der Waals surface area contributed by atoms with Gasteiger partial charge < -0.3 is 5.11 Å². The minimum absolute atomic E-state index is 0.0117. The van der Waals surface area contributed by atoms with Gasteiger partial charge in [0.25, 0.3) is 5.69 Å². The maximum atomic E-state index is 12.7. The summed E-state index contributed by atoms with van der Waals surface area (Å²) >= 11 is 0. The van der Waals surface area contributed by atoms with Crippen molar-refractivity contribution in [2.75, 3.05) is 0 Å². The summed E-state index contributed by atoms with van der Waals surface area (Å²) in [7, 11) is 0. The number of hydrogen-bond acceptors (Lipinski definition) is 4. The number of allylic oxidation sites excluding steroid dienone is 2. The van der Waals surface area contributed by atoms with Crippen molar-refractivity contribution in [1.82, 2.24) is 0 Å². The minimum Gasteiger partial charge on any atom is -0.508 e. The highest BCUT2D eigenvalue weighted by Crippen LogP contribution is 2.28. The van der Waals surface area contributed by atoms with Crippen LogP contribution < -0.4 is 0 Å². The van der Waals surface area contributed by atoms with Crippen LogP contribution in [0.5, 0.6) is 5.75 Å². The van der Waals surface area contributed by atoms with E-state index in [1.54, 1.807) is 42.5 Å². The van der Waals surface area contributed by atoms with Gasteiger partial charge in [-0.1, -0.05) is 12.1 Å². The molecule has 25 heavy (non-hydrogen) atoms. The number of phenols is 1. The lowest BCUT2D eigenvalue weighted by molar-refractivity contribution is -0.384. The Kier molecular flexibility index (Phi) is 4.75. The van der Waals surface area contributed by atoms with E-state index >= 15 is 0 Å². The Morgan fingerprint density at radius 2 is 1.36 bits per heavy atom. The number of nitro groups is 1. The second-order valence-electron chi connectivity index (χ2n) is 5.96. The number of nitro benzene ring substituents is 1. The number of phenolic OH excluding ortho intramolecular Hbond substituents is 1. The van der Waals surface area contributed by atoms with E-state index in [9.17, 15) is 20.0 Å². The number of benzene rings is 2. The predicted molar refractivity (Wildman–Crippen MR) is 96.0 cm³/mol. The second-order valence-corrected chi connectivity index (χ2v) is 5.96. The van der Waals surface area contributed by atoms with Gasteiger partial charge >= 0.3 is 0 Å². The van der Waals surface area contributed by atoms with Crippen LogP contribution in [0.4, 0.5) is 5.69 Å². The van der Waals surface area contributed by atoms with E-state index in [0.717, 1.165) is 29.5 Å². The van der Waals surface area contributed by atoms with Crippen LogP contribution >= 0.6 is 0 Å². The molecule has 0 radical (unpaired) electrons. The summed E-state index contributed by atoms with van der Waals surface area (Å²) in [5.41, 5.74) is 3.14. The molecule has 1 saturated carbocycles.